The van der Waals surface area contributed by atoms with E-state index in [1.165, 1.54) is 7.11 Å². The van der Waals surface area contributed by atoms with E-state index in [-0.39, 0.29) is 5.97 Å². The molecule has 0 aromatic heterocycles. The molecule has 0 saturated carbocycles. The summed E-state index contributed by atoms with van der Waals surface area (Å²) in [7, 11) is 1.35. The number of hydrogen-bond donors (Lipinski definition) is 0. The van der Waals surface area contributed by atoms with Crippen LogP contribution in [0.4, 0.5) is 11.4 Å². The number of halogens is 2. The second-order valence-electron chi connectivity index (χ2n) is 3.84. The average Bonchev–Trinajstić information content (AvgIpc) is 2.45. The number of carbonyl (C=O) groups excluding carboxylic acids is 1. The summed E-state index contributed by atoms with van der Waals surface area (Å²) < 4.78 is 5.48. The first-order valence-electron chi connectivity index (χ1n) is 5.65. The summed E-state index contributed by atoms with van der Waals surface area (Å²) in [6, 6.07) is 12.2. The van der Waals surface area contributed by atoms with Gasteiger partial charge in [0.2, 0.25) is 0 Å². The minimum atomic E-state index is -0.374. The summed E-state index contributed by atoms with van der Waals surface area (Å²) in [5, 5.41) is 8.87. The second-order valence-corrected chi connectivity index (χ2v) is 5.44. The molecule has 0 aliphatic carbocycles. The van der Waals surface area contributed by atoms with Gasteiger partial charge in [-0.3, -0.25) is 0 Å². The number of azo groups is 1. The number of carbonyl (C=O) groups is 1. The molecule has 0 heterocycles. The monoisotopic (exact) mass is 400 g/mol. The Morgan fingerprint density at radius 2 is 2.00 bits per heavy atom. The molecule has 0 saturated heterocycles. The van der Waals surface area contributed by atoms with Crippen molar-refractivity contribution in [2.45, 2.75) is 0 Å². The number of benzene rings is 2. The molecule has 20 heavy (non-hydrogen) atoms. The lowest BCUT2D eigenvalue weighted by Gasteiger charge is -2.02. The van der Waals surface area contributed by atoms with Gasteiger partial charge in [0, 0.05) is 8.59 Å². The number of esters is 1. The first-order chi connectivity index (χ1) is 9.60. The fourth-order valence-electron chi connectivity index (χ4n) is 1.48. The molecule has 4 nitrogen and oxygen atoms in total. The van der Waals surface area contributed by atoms with Crippen LogP contribution < -0.4 is 0 Å². The highest BCUT2D eigenvalue weighted by Gasteiger charge is 2.07. The molecule has 0 radical (unpaired) electrons. The Labute approximate surface area is 135 Å². The third-order valence-electron chi connectivity index (χ3n) is 2.45. The highest BCUT2D eigenvalue weighted by Crippen LogP contribution is 2.26. The van der Waals surface area contributed by atoms with E-state index in [4.69, 9.17) is 11.6 Å². The van der Waals surface area contributed by atoms with Crippen molar-refractivity contribution < 1.29 is 9.53 Å². The largest absolute Gasteiger partial charge is 0.465 e. The Kier molecular flexibility index (Phi) is 5.08. The summed E-state index contributed by atoms with van der Waals surface area (Å²) >= 11 is 7.97. The third kappa shape index (κ3) is 3.77. The van der Waals surface area contributed by atoms with Gasteiger partial charge in [-0.2, -0.15) is 5.11 Å². The minimum Gasteiger partial charge on any atom is -0.465 e. The van der Waals surface area contributed by atoms with E-state index < -0.39 is 0 Å². The van der Waals surface area contributed by atoms with Crippen molar-refractivity contribution in [1.29, 1.82) is 0 Å². The molecule has 0 unspecified atom stereocenters. The maximum Gasteiger partial charge on any atom is 0.337 e. The van der Waals surface area contributed by atoms with Crippen LogP contribution in [0.15, 0.2) is 52.7 Å². The maximum absolute atomic E-state index is 11.4. The number of methoxy groups -OCH3 is 1. The van der Waals surface area contributed by atoms with Crippen molar-refractivity contribution in [2.75, 3.05) is 7.11 Å². The summed E-state index contributed by atoms with van der Waals surface area (Å²) in [4.78, 5) is 11.4. The molecule has 0 aliphatic rings. The molecular formula is C14H10ClIN2O2. The van der Waals surface area contributed by atoms with Crippen molar-refractivity contribution in [1.82, 2.24) is 0 Å². The van der Waals surface area contributed by atoms with Gasteiger partial charge < -0.3 is 4.74 Å². The van der Waals surface area contributed by atoms with Gasteiger partial charge in [-0.25, -0.2) is 4.79 Å². The predicted octanol–water partition coefficient (Wildman–Crippen LogP) is 5.15. The van der Waals surface area contributed by atoms with Gasteiger partial charge in [0.1, 0.15) is 0 Å². The molecule has 0 fully saturated rings. The Hall–Kier alpha value is -1.47. The van der Waals surface area contributed by atoms with Gasteiger partial charge in [-0.1, -0.05) is 17.7 Å². The Bertz CT molecular complexity index is 674. The zero-order valence-electron chi connectivity index (χ0n) is 10.5. The fourth-order valence-corrected chi connectivity index (χ4v) is 2.29. The quantitative estimate of drug-likeness (QED) is 0.406. The van der Waals surface area contributed by atoms with Gasteiger partial charge in [0.15, 0.2) is 0 Å². The summed E-state index contributed by atoms with van der Waals surface area (Å²) in [6.45, 7) is 0. The van der Waals surface area contributed by atoms with Crippen LogP contribution >= 0.6 is 34.2 Å². The van der Waals surface area contributed by atoms with Crippen molar-refractivity contribution in [3.05, 3.63) is 56.6 Å². The van der Waals surface area contributed by atoms with Crippen molar-refractivity contribution in [3.8, 4) is 0 Å². The third-order valence-corrected chi connectivity index (χ3v) is 3.55. The fraction of sp³-hybridized carbons (Fsp3) is 0.0714. The first kappa shape index (κ1) is 14.9. The molecule has 0 amide bonds. The average molecular weight is 401 g/mol. The lowest BCUT2D eigenvalue weighted by atomic mass is 10.2. The van der Waals surface area contributed by atoms with Crippen LogP contribution in [-0.2, 0) is 4.74 Å². The molecule has 0 aliphatic heterocycles. The molecule has 2 rings (SSSR count). The van der Waals surface area contributed by atoms with Gasteiger partial charge in [-0.15, -0.1) is 5.11 Å². The zero-order valence-corrected chi connectivity index (χ0v) is 13.4. The second kappa shape index (κ2) is 6.81. The maximum atomic E-state index is 11.4. The van der Waals surface area contributed by atoms with Gasteiger partial charge in [-0.05, 0) is 59.0 Å². The smallest absolute Gasteiger partial charge is 0.337 e. The molecule has 0 atom stereocenters. The molecule has 0 bridgehead atoms. The van der Waals surface area contributed by atoms with E-state index in [2.05, 4.69) is 37.6 Å². The zero-order chi connectivity index (χ0) is 14.5. The Morgan fingerprint density at radius 3 is 2.65 bits per heavy atom. The number of hydrogen-bond acceptors (Lipinski definition) is 4. The highest BCUT2D eigenvalue weighted by atomic mass is 127. The minimum absolute atomic E-state index is 0.374. The Balaban J connectivity index is 2.24. The molecule has 0 spiro atoms. The molecular weight excluding hydrogens is 391 g/mol. The molecule has 0 N–H and O–H groups in total. The van der Waals surface area contributed by atoms with E-state index in [0.29, 0.717) is 22.0 Å². The van der Waals surface area contributed by atoms with Crippen molar-refractivity contribution in [2.24, 2.45) is 10.2 Å². The summed E-state index contributed by atoms with van der Waals surface area (Å²) in [5.41, 5.74) is 1.84. The molecule has 6 heteroatoms. The van der Waals surface area contributed by atoms with E-state index in [1.807, 2.05) is 12.1 Å². The van der Waals surface area contributed by atoms with Crippen LogP contribution in [0.2, 0.25) is 5.02 Å². The number of rotatable bonds is 3. The van der Waals surface area contributed by atoms with Gasteiger partial charge >= 0.3 is 5.97 Å². The molecule has 102 valence electrons. The SMILES string of the molecule is COC(=O)c1ccc(N=Nc2cccc(Cl)c2)c(I)c1. The number of ether oxygens (including phenoxy) is 1. The lowest BCUT2D eigenvalue weighted by Crippen LogP contribution is -2.00. The predicted molar refractivity (Wildman–Crippen MR) is 86.1 cm³/mol. The lowest BCUT2D eigenvalue weighted by molar-refractivity contribution is 0.0600. The van der Waals surface area contributed by atoms with Crippen molar-refractivity contribution >= 4 is 51.5 Å². The van der Waals surface area contributed by atoms with Crippen LogP contribution in [0.1, 0.15) is 10.4 Å². The van der Waals surface area contributed by atoms with Crippen LogP contribution in [0.25, 0.3) is 0 Å². The van der Waals surface area contributed by atoms with Gasteiger partial charge in [0.25, 0.3) is 0 Å². The Morgan fingerprint density at radius 1 is 1.20 bits per heavy atom. The molecule has 2 aromatic rings. The van der Waals surface area contributed by atoms with E-state index >= 15 is 0 Å². The van der Waals surface area contributed by atoms with Crippen LogP contribution in [0, 0.1) is 3.57 Å². The first-order valence-corrected chi connectivity index (χ1v) is 7.11. The highest BCUT2D eigenvalue weighted by molar-refractivity contribution is 14.1. The van der Waals surface area contributed by atoms with Crippen LogP contribution in [0.5, 0.6) is 0 Å². The summed E-state index contributed by atoms with van der Waals surface area (Å²) in [6.07, 6.45) is 0. The van der Waals surface area contributed by atoms with Crippen LogP contribution in [0.3, 0.4) is 0 Å². The summed E-state index contributed by atoms with van der Waals surface area (Å²) in [5.74, 6) is -0.374. The van der Waals surface area contributed by atoms with Crippen LogP contribution in [-0.4, -0.2) is 13.1 Å². The normalized spacial score (nSPS) is 10.8. The van der Waals surface area contributed by atoms with E-state index in [0.717, 1.165) is 3.57 Å². The standard InChI is InChI=1S/C14H10ClIN2O2/c1-20-14(19)9-5-6-13(12(16)7-9)18-17-11-4-2-3-10(15)8-11/h2-8H,1H3. The van der Waals surface area contributed by atoms with Crippen molar-refractivity contribution in [3.63, 3.8) is 0 Å². The van der Waals surface area contributed by atoms with Gasteiger partial charge in [0.05, 0.1) is 24.0 Å². The number of nitrogens with zero attached hydrogens (tertiary/aromatic N) is 2. The van der Waals surface area contributed by atoms with E-state index in [1.54, 1.807) is 30.3 Å². The topological polar surface area (TPSA) is 51.0 Å². The van der Waals surface area contributed by atoms with E-state index in [9.17, 15) is 4.79 Å². The molecule has 2 aromatic carbocycles.